The first-order chi connectivity index (χ1) is 4.86. The number of rotatable bonds is 0. The van der Waals surface area contributed by atoms with Gasteiger partial charge in [-0.3, -0.25) is 4.40 Å². The van der Waals surface area contributed by atoms with Crippen LogP contribution in [-0.2, 0) is 0 Å². The van der Waals surface area contributed by atoms with Gasteiger partial charge in [0.1, 0.15) is 5.15 Å². The van der Waals surface area contributed by atoms with Crippen LogP contribution in [0.5, 0.6) is 0 Å². The zero-order valence-corrected chi connectivity index (χ0v) is 5.78. The number of halogens is 1. The largest absolute Gasteiger partial charge is 0.290 e. The molecule has 0 atom stereocenters. The second kappa shape index (κ2) is 1.95. The van der Waals surface area contributed by atoms with Crippen molar-refractivity contribution in [1.29, 1.82) is 0 Å². The van der Waals surface area contributed by atoms with Gasteiger partial charge in [-0.15, -0.1) is 0 Å². The molecule has 3 nitrogen and oxygen atoms in total. The van der Waals surface area contributed by atoms with Crippen molar-refractivity contribution in [2.45, 2.75) is 0 Å². The molecule has 0 radical (unpaired) electrons. The number of hydrogen-bond acceptors (Lipinski definition) is 2. The van der Waals surface area contributed by atoms with Crippen molar-refractivity contribution in [2.75, 3.05) is 0 Å². The predicted octanol–water partition coefficient (Wildman–Crippen LogP) is 1.38. The fourth-order valence-electron chi connectivity index (χ4n) is 0.801. The van der Waals surface area contributed by atoms with Crippen molar-refractivity contribution in [3.8, 4) is 0 Å². The maximum absolute atomic E-state index is 5.61. The molecule has 10 heavy (non-hydrogen) atoms. The second-order valence-corrected chi connectivity index (χ2v) is 2.28. The molecule has 4 heteroatoms. The molecule has 0 bridgehead atoms. The summed E-state index contributed by atoms with van der Waals surface area (Å²) in [5, 5.41) is 0.471. The van der Waals surface area contributed by atoms with Gasteiger partial charge in [0, 0.05) is 18.6 Å². The lowest BCUT2D eigenvalue weighted by Gasteiger charge is -1.85. The maximum atomic E-state index is 5.61. The zero-order valence-electron chi connectivity index (χ0n) is 5.03. The Kier molecular flexibility index (Phi) is 1.11. The van der Waals surface area contributed by atoms with Gasteiger partial charge >= 0.3 is 0 Å². The van der Waals surface area contributed by atoms with Crippen LogP contribution in [0.2, 0.25) is 5.15 Å². The Bertz CT molecular complexity index is 322. The normalized spacial score (nSPS) is 10.5. The smallest absolute Gasteiger partial charge is 0.235 e. The summed E-state index contributed by atoms with van der Waals surface area (Å²) in [5.41, 5.74) is 0. The number of imidazole rings is 1. The topological polar surface area (TPSA) is 30.2 Å². The van der Waals surface area contributed by atoms with Crippen molar-refractivity contribution in [3.63, 3.8) is 0 Å². The highest BCUT2D eigenvalue weighted by Gasteiger charge is 1.95. The van der Waals surface area contributed by atoms with E-state index in [0.717, 1.165) is 0 Å². The van der Waals surface area contributed by atoms with E-state index in [1.807, 2.05) is 12.3 Å². The fourth-order valence-corrected chi connectivity index (χ4v) is 0.982. The monoisotopic (exact) mass is 153 g/mol. The van der Waals surface area contributed by atoms with Gasteiger partial charge in [-0.05, 0) is 6.07 Å². The summed E-state index contributed by atoms with van der Waals surface area (Å²) in [6.45, 7) is 0. The SMILES string of the molecule is Clc1cn2cccnc2n1. The van der Waals surface area contributed by atoms with Crippen LogP contribution in [0.1, 0.15) is 0 Å². The highest BCUT2D eigenvalue weighted by molar-refractivity contribution is 6.29. The predicted molar refractivity (Wildman–Crippen MR) is 38.0 cm³/mol. The van der Waals surface area contributed by atoms with Gasteiger partial charge < -0.3 is 0 Å². The minimum Gasteiger partial charge on any atom is -0.290 e. The first kappa shape index (κ1) is 5.68. The number of hydrogen-bond donors (Lipinski definition) is 0. The third-order valence-electron chi connectivity index (χ3n) is 1.21. The van der Waals surface area contributed by atoms with E-state index in [1.165, 1.54) is 0 Å². The number of nitrogens with zero attached hydrogens (tertiary/aromatic N) is 3. The molecule has 0 saturated carbocycles. The molecule has 2 aromatic heterocycles. The standard InChI is InChI=1S/C6H4ClN3/c7-5-4-10-3-1-2-8-6(10)9-5/h1-4H. The molecule has 2 rings (SSSR count). The Balaban J connectivity index is 2.88. The van der Waals surface area contributed by atoms with E-state index < -0.39 is 0 Å². The van der Waals surface area contributed by atoms with E-state index in [4.69, 9.17) is 11.6 Å². The van der Waals surface area contributed by atoms with Crippen LogP contribution < -0.4 is 0 Å². The van der Waals surface area contributed by atoms with Crippen molar-refractivity contribution in [3.05, 3.63) is 29.8 Å². The van der Waals surface area contributed by atoms with E-state index in [1.54, 1.807) is 16.8 Å². The zero-order chi connectivity index (χ0) is 6.97. The Morgan fingerprint density at radius 2 is 2.40 bits per heavy atom. The molecule has 0 saturated heterocycles. The lowest BCUT2D eigenvalue weighted by atomic mass is 10.7. The number of fused-ring (bicyclic) bond motifs is 1. The summed E-state index contributed by atoms with van der Waals surface area (Å²) in [6, 6.07) is 1.82. The molecule has 0 aliphatic carbocycles. The van der Waals surface area contributed by atoms with Gasteiger partial charge in [0.25, 0.3) is 0 Å². The van der Waals surface area contributed by atoms with Crippen LogP contribution in [0.3, 0.4) is 0 Å². The van der Waals surface area contributed by atoms with E-state index in [9.17, 15) is 0 Å². The van der Waals surface area contributed by atoms with E-state index in [2.05, 4.69) is 9.97 Å². The Morgan fingerprint density at radius 3 is 3.20 bits per heavy atom. The van der Waals surface area contributed by atoms with Gasteiger partial charge in [0.05, 0.1) is 0 Å². The fraction of sp³-hybridized carbons (Fsp3) is 0. The average Bonchev–Trinajstić information content (AvgIpc) is 2.27. The molecule has 0 aliphatic heterocycles. The molecule has 0 N–H and O–H groups in total. The summed E-state index contributed by atoms with van der Waals surface area (Å²) in [6.07, 6.45) is 5.24. The lowest BCUT2D eigenvalue weighted by Crippen LogP contribution is -1.82. The van der Waals surface area contributed by atoms with E-state index >= 15 is 0 Å². The molecule has 50 valence electrons. The van der Waals surface area contributed by atoms with Gasteiger partial charge in [-0.2, -0.15) is 4.98 Å². The molecule has 0 amide bonds. The summed E-state index contributed by atoms with van der Waals surface area (Å²) in [7, 11) is 0. The minimum atomic E-state index is 0.471. The van der Waals surface area contributed by atoms with Crippen molar-refractivity contribution < 1.29 is 0 Å². The molecular formula is C6H4ClN3. The van der Waals surface area contributed by atoms with Crippen LogP contribution in [0, 0.1) is 0 Å². The van der Waals surface area contributed by atoms with Crippen LogP contribution in [-0.4, -0.2) is 14.4 Å². The summed E-state index contributed by atoms with van der Waals surface area (Å²) >= 11 is 5.61. The summed E-state index contributed by atoms with van der Waals surface area (Å²) in [4.78, 5) is 7.90. The van der Waals surface area contributed by atoms with Gasteiger partial charge in [0.2, 0.25) is 5.78 Å². The van der Waals surface area contributed by atoms with Gasteiger partial charge in [-0.25, -0.2) is 4.98 Å². The van der Waals surface area contributed by atoms with Crippen LogP contribution in [0.4, 0.5) is 0 Å². The highest BCUT2D eigenvalue weighted by Crippen LogP contribution is 2.05. The lowest BCUT2D eigenvalue weighted by molar-refractivity contribution is 1.11. The molecule has 0 aromatic carbocycles. The van der Waals surface area contributed by atoms with E-state index in [0.29, 0.717) is 10.9 Å². The Hall–Kier alpha value is -1.09. The summed E-state index contributed by atoms with van der Waals surface area (Å²) in [5.74, 6) is 0.632. The van der Waals surface area contributed by atoms with Crippen molar-refractivity contribution in [1.82, 2.24) is 14.4 Å². The average molecular weight is 154 g/mol. The molecular weight excluding hydrogens is 150 g/mol. The first-order valence-electron chi connectivity index (χ1n) is 2.81. The molecule has 0 aliphatic rings. The Labute approximate surface area is 62.3 Å². The molecule has 2 aromatic rings. The second-order valence-electron chi connectivity index (χ2n) is 1.89. The van der Waals surface area contributed by atoms with E-state index in [-0.39, 0.29) is 0 Å². The first-order valence-corrected chi connectivity index (χ1v) is 3.19. The molecule has 0 fully saturated rings. The highest BCUT2D eigenvalue weighted by atomic mass is 35.5. The third kappa shape index (κ3) is 0.752. The Morgan fingerprint density at radius 1 is 1.50 bits per heavy atom. The quantitative estimate of drug-likeness (QED) is 0.573. The van der Waals surface area contributed by atoms with Crippen LogP contribution in [0.25, 0.3) is 5.78 Å². The van der Waals surface area contributed by atoms with Gasteiger partial charge in [-0.1, -0.05) is 11.6 Å². The molecule has 0 unspecified atom stereocenters. The molecule has 2 heterocycles. The van der Waals surface area contributed by atoms with Gasteiger partial charge in [0.15, 0.2) is 0 Å². The van der Waals surface area contributed by atoms with Crippen LogP contribution >= 0.6 is 11.6 Å². The van der Waals surface area contributed by atoms with Crippen LogP contribution in [0.15, 0.2) is 24.7 Å². The van der Waals surface area contributed by atoms with Crippen molar-refractivity contribution >= 4 is 17.4 Å². The maximum Gasteiger partial charge on any atom is 0.235 e. The minimum absolute atomic E-state index is 0.471. The summed E-state index contributed by atoms with van der Waals surface area (Å²) < 4.78 is 1.77. The van der Waals surface area contributed by atoms with Crippen molar-refractivity contribution in [2.24, 2.45) is 0 Å². The molecule has 0 spiro atoms. The number of aromatic nitrogens is 3. The third-order valence-corrected chi connectivity index (χ3v) is 1.39.